The van der Waals surface area contributed by atoms with E-state index < -0.39 is 20.6 Å². The zero-order valence-electron chi connectivity index (χ0n) is 15.7. The van der Waals surface area contributed by atoms with Crippen molar-refractivity contribution in [2.45, 2.75) is 37.0 Å². The minimum absolute atomic E-state index is 0.0813. The van der Waals surface area contributed by atoms with E-state index in [0.29, 0.717) is 18.7 Å². The van der Waals surface area contributed by atoms with Crippen LogP contribution in [0.3, 0.4) is 0 Å². The molecule has 1 N–H and O–H groups in total. The normalized spacial score (nSPS) is 16.6. The van der Waals surface area contributed by atoms with Crippen molar-refractivity contribution >= 4 is 33.0 Å². The van der Waals surface area contributed by atoms with E-state index >= 15 is 0 Å². The molecule has 0 unspecified atom stereocenters. The fourth-order valence-electron chi connectivity index (χ4n) is 4.13. The predicted octanol–water partition coefficient (Wildman–Crippen LogP) is 3.47. The maximum absolute atomic E-state index is 12.8. The number of sulfonamides is 1. The highest BCUT2D eigenvalue weighted by Gasteiger charge is 2.32. The van der Waals surface area contributed by atoms with Crippen LogP contribution < -0.4 is 9.62 Å². The Bertz CT molecular complexity index is 1080. The molecule has 4 rings (SSSR count). The largest absolute Gasteiger partial charge is 0.312 e. The molecule has 8 nitrogen and oxygen atoms in total. The fourth-order valence-corrected chi connectivity index (χ4v) is 5.36. The summed E-state index contributed by atoms with van der Waals surface area (Å²) in [6.07, 6.45) is 4.68. The highest BCUT2D eigenvalue weighted by molar-refractivity contribution is 7.92. The van der Waals surface area contributed by atoms with E-state index in [1.165, 1.54) is 18.2 Å². The quantitative estimate of drug-likeness (QED) is 0.594. The number of rotatable bonds is 5. The minimum atomic E-state index is -4.12. The summed E-state index contributed by atoms with van der Waals surface area (Å²) in [5.74, 6) is 0.229. The second kappa shape index (κ2) is 7.47. The van der Waals surface area contributed by atoms with Crippen LogP contribution >= 0.6 is 0 Å². The molecule has 1 fully saturated rings. The molecule has 1 aliphatic heterocycles. The van der Waals surface area contributed by atoms with Crippen LogP contribution in [-0.4, -0.2) is 25.8 Å². The average Bonchev–Trinajstić information content (AvgIpc) is 3.37. The Morgan fingerprint density at radius 1 is 1.14 bits per heavy atom. The third-order valence-corrected chi connectivity index (χ3v) is 6.98. The third-order valence-electron chi connectivity index (χ3n) is 5.55. The Kier molecular flexibility index (Phi) is 4.99. The highest BCUT2D eigenvalue weighted by atomic mass is 32.2. The molecule has 0 saturated heterocycles. The van der Waals surface area contributed by atoms with E-state index in [1.807, 2.05) is 0 Å². The number of fused-ring (bicyclic) bond motifs is 1. The summed E-state index contributed by atoms with van der Waals surface area (Å²) in [7, 11) is -4.12. The van der Waals surface area contributed by atoms with E-state index in [1.54, 1.807) is 23.1 Å². The number of amides is 1. The zero-order valence-corrected chi connectivity index (χ0v) is 16.5. The molecule has 1 amide bonds. The summed E-state index contributed by atoms with van der Waals surface area (Å²) in [6, 6.07) is 10.3. The summed E-state index contributed by atoms with van der Waals surface area (Å²) in [5, 5.41) is 11.2. The van der Waals surface area contributed by atoms with Crippen molar-refractivity contribution in [3.05, 3.63) is 58.1 Å². The van der Waals surface area contributed by atoms with Gasteiger partial charge in [0.05, 0.1) is 4.92 Å². The van der Waals surface area contributed by atoms with Gasteiger partial charge in [0.25, 0.3) is 15.7 Å². The van der Waals surface area contributed by atoms with E-state index in [0.717, 1.165) is 43.0 Å². The SMILES string of the molecule is O=C(C1CCCC1)N1CCc2cc(NS(=O)(=O)c3ccccc3[N+](=O)[O-])ccc21. The monoisotopic (exact) mass is 415 g/mol. The van der Waals surface area contributed by atoms with E-state index in [-0.39, 0.29) is 16.7 Å². The van der Waals surface area contributed by atoms with Gasteiger partial charge in [-0.25, -0.2) is 8.42 Å². The number of carbonyl (C=O) groups excluding carboxylic acids is 1. The molecule has 152 valence electrons. The van der Waals surface area contributed by atoms with Gasteiger partial charge < -0.3 is 4.90 Å². The van der Waals surface area contributed by atoms with Gasteiger partial charge in [0.2, 0.25) is 5.91 Å². The van der Waals surface area contributed by atoms with Gasteiger partial charge in [0.1, 0.15) is 0 Å². The van der Waals surface area contributed by atoms with Crippen LogP contribution in [0.15, 0.2) is 47.4 Å². The Hall–Kier alpha value is -2.94. The number of nitrogens with one attached hydrogen (secondary N) is 1. The Balaban J connectivity index is 1.57. The molecule has 29 heavy (non-hydrogen) atoms. The first-order chi connectivity index (χ1) is 13.9. The second-order valence-corrected chi connectivity index (χ2v) is 9.05. The van der Waals surface area contributed by atoms with Crippen molar-refractivity contribution < 1.29 is 18.1 Å². The van der Waals surface area contributed by atoms with Crippen LogP contribution in [0, 0.1) is 16.0 Å². The maximum atomic E-state index is 12.8. The number of anilines is 2. The molecular weight excluding hydrogens is 394 g/mol. The first kappa shape index (κ1) is 19.4. The standard InChI is InChI=1S/C20H21N3O5S/c24-20(14-5-1-2-6-14)22-12-11-15-13-16(9-10-17(15)22)21-29(27,28)19-8-4-3-7-18(19)23(25)26/h3-4,7-10,13-14,21H,1-2,5-6,11-12H2. The van der Waals surface area contributed by atoms with Crippen molar-refractivity contribution in [2.24, 2.45) is 5.92 Å². The number of hydrogen-bond acceptors (Lipinski definition) is 5. The van der Waals surface area contributed by atoms with Gasteiger partial charge in [-0.2, -0.15) is 0 Å². The molecule has 1 heterocycles. The van der Waals surface area contributed by atoms with Crippen molar-refractivity contribution in [3.8, 4) is 0 Å². The molecule has 0 bridgehead atoms. The van der Waals surface area contributed by atoms with Gasteiger partial charge in [0, 0.05) is 29.9 Å². The maximum Gasteiger partial charge on any atom is 0.289 e. The van der Waals surface area contributed by atoms with Crippen molar-refractivity contribution in [1.82, 2.24) is 0 Å². The molecule has 0 radical (unpaired) electrons. The summed E-state index contributed by atoms with van der Waals surface area (Å²) in [5.41, 5.74) is 1.54. The lowest BCUT2D eigenvalue weighted by Crippen LogP contribution is -2.33. The van der Waals surface area contributed by atoms with Gasteiger partial charge in [-0.15, -0.1) is 0 Å². The Labute approximate surface area is 168 Å². The van der Waals surface area contributed by atoms with E-state index in [4.69, 9.17) is 0 Å². The van der Waals surface area contributed by atoms with Crippen LogP contribution in [0.1, 0.15) is 31.2 Å². The van der Waals surface area contributed by atoms with E-state index in [2.05, 4.69) is 4.72 Å². The topological polar surface area (TPSA) is 110 Å². The molecular formula is C20H21N3O5S. The molecule has 9 heteroatoms. The van der Waals surface area contributed by atoms with Crippen molar-refractivity contribution in [3.63, 3.8) is 0 Å². The molecule has 0 atom stereocenters. The van der Waals surface area contributed by atoms with Crippen LogP contribution in [-0.2, 0) is 21.2 Å². The number of carbonyl (C=O) groups is 1. The zero-order chi connectivity index (χ0) is 20.6. The number of para-hydroxylation sites is 1. The number of benzene rings is 2. The Morgan fingerprint density at radius 2 is 1.86 bits per heavy atom. The lowest BCUT2D eigenvalue weighted by molar-refractivity contribution is -0.387. The molecule has 0 spiro atoms. The predicted molar refractivity (Wildman–Crippen MR) is 108 cm³/mol. The first-order valence-electron chi connectivity index (χ1n) is 9.57. The summed E-state index contributed by atoms with van der Waals surface area (Å²) >= 11 is 0. The smallest absolute Gasteiger partial charge is 0.289 e. The number of nitro groups is 1. The summed E-state index contributed by atoms with van der Waals surface area (Å²) < 4.78 is 27.8. The second-order valence-electron chi connectivity index (χ2n) is 7.40. The van der Waals surface area contributed by atoms with Gasteiger partial charge in [-0.1, -0.05) is 25.0 Å². The summed E-state index contributed by atoms with van der Waals surface area (Å²) in [4.78, 5) is 24.6. The Morgan fingerprint density at radius 3 is 2.59 bits per heavy atom. The molecule has 2 aromatic carbocycles. The van der Waals surface area contributed by atoms with Gasteiger partial charge in [-0.05, 0) is 49.1 Å². The molecule has 2 aromatic rings. The molecule has 1 saturated carbocycles. The molecule has 2 aliphatic rings. The fraction of sp³-hybridized carbons (Fsp3) is 0.350. The van der Waals surface area contributed by atoms with Crippen LogP contribution in [0.5, 0.6) is 0 Å². The van der Waals surface area contributed by atoms with E-state index in [9.17, 15) is 23.3 Å². The third kappa shape index (κ3) is 3.69. The lowest BCUT2D eigenvalue weighted by atomic mass is 10.1. The molecule has 1 aliphatic carbocycles. The number of hydrogen-bond donors (Lipinski definition) is 1. The van der Waals surface area contributed by atoms with Crippen molar-refractivity contribution in [2.75, 3.05) is 16.2 Å². The minimum Gasteiger partial charge on any atom is -0.312 e. The summed E-state index contributed by atoms with van der Waals surface area (Å²) in [6.45, 7) is 0.588. The van der Waals surface area contributed by atoms with Crippen LogP contribution in [0.2, 0.25) is 0 Å². The van der Waals surface area contributed by atoms with Crippen LogP contribution in [0.4, 0.5) is 17.1 Å². The lowest BCUT2D eigenvalue weighted by Gasteiger charge is -2.21. The molecule has 0 aromatic heterocycles. The van der Waals surface area contributed by atoms with Crippen LogP contribution in [0.25, 0.3) is 0 Å². The van der Waals surface area contributed by atoms with Gasteiger partial charge in [-0.3, -0.25) is 19.6 Å². The average molecular weight is 415 g/mol. The van der Waals surface area contributed by atoms with Crippen molar-refractivity contribution in [1.29, 1.82) is 0 Å². The number of nitrogens with zero attached hydrogens (tertiary/aromatic N) is 2. The van der Waals surface area contributed by atoms with Gasteiger partial charge in [0.15, 0.2) is 4.90 Å². The first-order valence-corrected chi connectivity index (χ1v) is 11.1. The van der Waals surface area contributed by atoms with Gasteiger partial charge >= 0.3 is 0 Å². The highest BCUT2D eigenvalue weighted by Crippen LogP contribution is 2.35. The number of nitro benzene ring substituents is 1.